The third-order valence-corrected chi connectivity index (χ3v) is 4.08. The minimum atomic E-state index is -0.110. The number of aromatic nitrogens is 2. The molecule has 0 spiro atoms. The van der Waals surface area contributed by atoms with Crippen molar-refractivity contribution in [1.29, 1.82) is 0 Å². The lowest BCUT2D eigenvalue weighted by Crippen LogP contribution is -2.30. The third-order valence-electron chi connectivity index (χ3n) is 4.08. The molecule has 0 bridgehead atoms. The summed E-state index contributed by atoms with van der Waals surface area (Å²) in [6.45, 7) is 4.69. The predicted molar refractivity (Wildman–Crippen MR) is 97.5 cm³/mol. The molecule has 25 heavy (non-hydrogen) atoms. The molecule has 7 heteroatoms. The van der Waals surface area contributed by atoms with E-state index >= 15 is 0 Å². The normalized spacial score (nSPS) is 10.8. The van der Waals surface area contributed by atoms with Crippen LogP contribution >= 0.6 is 0 Å². The Bertz CT molecular complexity index is 765. The Hall–Kier alpha value is -2.67. The zero-order chi connectivity index (χ0) is 18.6. The van der Waals surface area contributed by atoms with Gasteiger partial charge in [0.05, 0.1) is 23.6 Å². The van der Waals surface area contributed by atoms with Crippen molar-refractivity contribution in [2.45, 2.75) is 20.4 Å². The molecule has 0 fully saturated rings. The van der Waals surface area contributed by atoms with E-state index in [2.05, 4.69) is 15.7 Å². The Morgan fingerprint density at radius 2 is 1.84 bits per heavy atom. The highest BCUT2D eigenvalue weighted by Crippen LogP contribution is 2.18. The zero-order valence-corrected chi connectivity index (χ0v) is 15.4. The molecular formula is C18H25N5O2. The fraction of sp³-hybridized carbons (Fsp3) is 0.389. The summed E-state index contributed by atoms with van der Waals surface area (Å²) in [4.78, 5) is 25.7. The Labute approximate surface area is 148 Å². The van der Waals surface area contributed by atoms with Crippen LogP contribution in [0.4, 0.5) is 5.69 Å². The molecule has 134 valence electrons. The van der Waals surface area contributed by atoms with Crippen LogP contribution in [0.25, 0.3) is 0 Å². The van der Waals surface area contributed by atoms with Gasteiger partial charge in [0.25, 0.3) is 5.91 Å². The quantitative estimate of drug-likeness (QED) is 0.832. The molecule has 1 aromatic heterocycles. The van der Waals surface area contributed by atoms with Gasteiger partial charge in [-0.25, -0.2) is 0 Å². The summed E-state index contributed by atoms with van der Waals surface area (Å²) in [5.41, 5.74) is 4.17. The van der Waals surface area contributed by atoms with Crippen molar-refractivity contribution in [2.75, 3.05) is 26.0 Å². The number of rotatable bonds is 6. The SMILES string of the molecule is CNC(=O)c1ccc(CN(C)CC(=O)Nc2c(C)nn(C)c2C)cc1. The maximum Gasteiger partial charge on any atom is 0.251 e. The molecule has 2 N–H and O–H groups in total. The predicted octanol–water partition coefficient (Wildman–Crippen LogP) is 1.47. The van der Waals surface area contributed by atoms with E-state index in [4.69, 9.17) is 0 Å². The molecule has 2 aromatic rings. The monoisotopic (exact) mass is 343 g/mol. The fourth-order valence-corrected chi connectivity index (χ4v) is 2.65. The van der Waals surface area contributed by atoms with Gasteiger partial charge in [-0.15, -0.1) is 0 Å². The highest BCUT2D eigenvalue weighted by Gasteiger charge is 2.14. The first-order valence-electron chi connectivity index (χ1n) is 8.11. The second-order valence-corrected chi connectivity index (χ2v) is 6.17. The maximum absolute atomic E-state index is 12.3. The van der Waals surface area contributed by atoms with Gasteiger partial charge in [-0.05, 0) is 38.6 Å². The number of carbonyl (C=O) groups is 2. The molecule has 0 saturated heterocycles. The fourth-order valence-electron chi connectivity index (χ4n) is 2.65. The van der Waals surface area contributed by atoms with Crippen LogP contribution in [0.2, 0.25) is 0 Å². The second kappa shape index (κ2) is 7.94. The average molecular weight is 343 g/mol. The van der Waals surface area contributed by atoms with Gasteiger partial charge in [0, 0.05) is 26.2 Å². The second-order valence-electron chi connectivity index (χ2n) is 6.17. The van der Waals surface area contributed by atoms with Gasteiger partial charge in [0.2, 0.25) is 5.91 Å². The number of nitrogens with one attached hydrogen (secondary N) is 2. The number of hydrogen-bond donors (Lipinski definition) is 2. The summed E-state index contributed by atoms with van der Waals surface area (Å²) in [5.74, 6) is -0.190. The largest absolute Gasteiger partial charge is 0.355 e. The van der Waals surface area contributed by atoms with Crippen LogP contribution in [0.5, 0.6) is 0 Å². The van der Waals surface area contributed by atoms with Gasteiger partial charge in [-0.2, -0.15) is 5.10 Å². The first kappa shape index (κ1) is 18.7. The van der Waals surface area contributed by atoms with Crippen LogP contribution in [-0.4, -0.2) is 47.1 Å². The first-order chi connectivity index (χ1) is 11.8. The van der Waals surface area contributed by atoms with E-state index in [1.807, 2.05) is 45.0 Å². The summed E-state index contributed by atoms with van der Waals surface area (Å²) in [6, 6.07) is 7.36. The van der Waals surface area contributed by atoms with E-state index in [1.54, 1.807) is 23.9 Å². The van der Waals surface area contributed by atoms with Crippen molar-refractivity contribution < 1.29 is 9.59 Å². The number of aryl methyl sites for hydroxylation is 2. The number of amides is 2. The molecule has 7 nitrogen and oxygen atoms in total. The molecule has 1 heterocycles. The lowest BCUT2D eigenvalue weighted by Gasteiger charge is -2.16. The van der Waals surface area contributed by atoms with Crippen LogP contribution in [0.3, 0.4) is 0 Å². The van der Waals surface area contributed by atoms with Crippen molar-refractivity contribution in [2.24, 2.45) is 7.05 Å². The lowest BCUT2D eigenvalue weighted by atomic mass is 10.1. The third kappa shape index (κ3) is 4.67. The molecular weight excluding hydrogens is 318 g/mol. The molecule has 2 amide bonds. The van der Waals surface area contributed by atoms with Crippen molar-refractivity contribution in [3.63, 3.8) is 0 Å². The summed E-state index contributed by atoms with van der Waals surface area (Å²) in [5, 5.41) is 9.82. The number of hydrogen-bond acceptors (Lipinski definition) is 4. The molecule has 0 radical (unpaired) electrons. The van der Waals surface area contributed by atoms with Crippen LogP contribution in [-0.2, 0) is 18.4 Å². The highest BCUT2D eigenvalue weighted by molar-refractivity contribution is 5.94. The van der Waals surface area contributed by atoms with Gasteiger partial charge >= 0.3 is 0 Å². The molecule has 2 rings (SSSR count). The number of anilines is 1. The van der Waals surface area contributed by atoms with Gasteiger partial charge in [-0.1, -0.05) is 12.1 Å². The minimum Gasteiger partial charge on any atom is -0.355 e. The Morgan fingerprint density at radius 1 is 1.20 bits per heavy atom. The van der Waals surface area contributed by atoms with E-state index < -0.39 is 0 Å². The van der Waals surface area contributed by atoms with E-state index in [1.165, 1.54) is 0 Å². The van der Waals surface area contributed by atoms with E-state index in [0.29, 0.717) is 12.1 Å². The van der Waals surface area contributed by atoms with Gasteiger partial charge in [0.15, 0.2) is 0 Å². The highest BCUT2D eigenvalue weighted by atomic mass is 16.2. The number of likely N-dealkylation sites (N-methyl/N-ethyl adjacent to an activating group) is 1. The van der Waals surface area contributed by atoms with E-state index in [9.17, 15) is 9.59 Å². The summed E-state index contributed by atoms with van der Waals surface area (Å²) < 4.78 is 1.75. The molecule has 1 aromatic carbocycles. The minimum absolute atomic E-state index is 0.0799. The van der Waals surface area contributed by atoms with Crippen LogP contribution in [0, 0.1) is 13.8 Å². The maximum atomic E-state index is 12.3. The average Bonchev–Trinajstić information content (AvgIpc) is 2.81. The summed E-state index contributed by atoms with van der Waals surface area (Å²) >= 11 is 0. The topological polar surface area (TPSA) is 79.3 Å². The molecule has 0 saturated carbocycles. The molecule has 0 atom stereocenters. The first-order valence-corrected chi connectivity index (χ1v) is 8.11. The van der Waals surface area contributed by atoms with Gasteiger partial charge in [-0.3, -0.25) is 19.2 Å². The van der Waals surface area contributed by atoms with Crippen LogP contribution in [0.1, 0.15) is 27.3 Å². The Morgan fingerprint density at radius 3 is 2.36 bits per heavy atom. The number of benzene rings is 1. The molecule has 0 aliphatic carbocycles. The number of carbonyl (C=O) groups excluding carboxylic acids is 2. The van der Waals surface area contributed by atoms with Crippen molar-refractivity contribution >= 4 is 17.5 Å². The zero-order valence-electron chi connectivity index (χ0n) is 15.4. The van der Waals surface area contributed by atoms with E-state index in [-0.39, 0.29) is 18.4 Å². The summed E-state index contributed by atoms with van der Waals surface area (Å²) in [6.07, 6.45) is 0. The van der Waals surface area contributed by atoms with E-state index in [0.717, 1.165) is 22.6 Å². The smallest absolute Gasteiger partial charge is 0.251 e. The Kier molecular flexibility index (Phi) is 5.93. The lowest BCUT2D eigenvalue weighted by molar-refractivity contribution is -0.117. The standard InChI is InChI=1S/C18H25N5O2/c1-12-17(13(2)23(5)21-12)20-16(24)11-22(4)10-14-6-8-15(9-7-14)18(25)19-3/h6-9H,10-11H2,1-5H3,(H,19,25)(H,20,24). The molecule has 0 aliphatic rings. The van der Waals surface area contributed by atoms with Crippen LogP contribution in [0.15, 0.2) is 24.3 Å². The van der Waals surface area contributed by atoms with Gasteiger partial charge in [0.1, 0.15) is 0 Å². The number of nitrogens with zero attached hydrogens (tertiary/aromatic N) is 3. The van der Waals surface area contributed by atoms with Crippen molar-refractivity contribution in [3.8, 4) is 0 Å². The van der Waals surface area contributed by atoms with Crippen molar-refractivity contribution in [3.05, 3.63) is 46.8 Å². The van der Waals surface area contributed by atoms with Crippen LogP contribution < -0.4 is 10.6 Å². The molecule has 0 aliphatic heterocycles. The Balaban J connectivity index is 1.92. The van der Waals surface area contributed by atoms with Gasteiger partial charge < -0.3 is 10.6 Å². The van der Waals surface area contributed by atoms with Crippen molar-refractivity contribution in [1.82, 2.24) is 20.0 Å². The molecule has 0 unspecified atom stereocenters. The summed E-state index contributed by atoms with van der Waals surface area (Å²) in [7, 11) is 5.34.